The molecular weight excluding hydrogens is 344 g/mol. The molecule has 2 amide bonds. The Hall–Kier alpha value is -2.86. The van der Waals surface area contributed by atoms with Gasteiger partial charge in [-0.15, -0.1) is 0 Å². The van der Waals surface area contributed by atoms with Gasteiger partial charge in [0.15, 0.2) is 6.61 Å². The first-order chi connectivity index (χ1) is 11.8. The molecule has 0 aromatic heterocycles. The molecule has 0 unspecified atom stereocenters. The molecule has 6 nitrogen and oxygen atoms in total. The predicted molar refractivity (Wildman–Crippen MR) is 94.8 cm³/mol. The summed E-state index contributed by atoms with van der Waals surface area (Å²) in [6.07, 6.45) is 0. The molecule has 0 bridgehead atoms. The highest BCUT2D eigenvalue weighted by atomic mass is 35.5. The molecule has 2 aromatic rings. The lowest BCUT2D eigenvalue weighted by molar-refractivity contribution is -0.119. The minimum Gasteiger partial charge on any atom is -0.452 e. The highest BCUT2D eigenvalue weighted by Crippen LogP contribution is 2.27. The third kappa shape index (κ3) is 4.81. The fraction of sp³-hybridized carbons (Fsp3) is 0.167. The van der Waals surface area contributed by atoms with Gasteiger partial charge in [0.2, 0.25) is 5.91 Å². The zero-order valence-corrected chi connectivity index (χ0v) is 14.5. The quantitative estimate of drug-likeness (QED) is 0.801. The number of nitrogens with two attached hydrogens (primary N) is 1. The van der Waals surface area contributed by atoms with Crippen molar-refractivity contribution >= 4 is 35.1 Å². The number of anilines is 1. The van der Waals surface area contributed by atoms with Crippen molar-refractivity contribution in [1.82, 2.24) is 0 Å². The average Bonchev–Trinajstić information content (AvgIpc) is 2.56. The number of aryl methyl sites for hydroxylation is 2. The number of primary amides is 1. The van der Waals surface area contributed by atoms with Crippen LogP contribution in [0, 0.1) is 13.8 Å². The van der Waals surface area contributed by atoms with Gasteiger partial charge in [-0.2, -0.15) is 0 Å². The number of rotatable bonds is 5. The fourth-order valence-electron chi connectivity index (χ4n) is 2.23. The summed E-state index contributed by atoms with van der Waals surface area (Å²) < 4.78 is 4.96. The predicted octanol–water partition coefficient (Wildman–Crippen LogP) is 2.85. The van der Waals surface area contributed by atoms with Crippen LogP contribution in [0.5, 0.6) is 0 Å². The van der Waals surface area contributed by atoms with E-state index in [1.165, 1.54) is 24.3 Å². The van der Waals surface area contributed by atoms with Gasteiger partial charge in [-0.1, -0.05) is 17.7 Å². The Morgan fingerprint density at radius 2 is 1.68 bits per heavy atom. The number of hydrogen-bond acceptors (Lipinski definition) is 4. The Kier molecular flexibility index (Phi) is 5.77. The molecule has 0 atom stereocenters. The molecule has 3 N–H and O–H groups in total. The molecular formula is C18H17ClN2O4. The monoisotopic (exact) mass is 360 g/mol. The molecule has 0 aliphatic rings. The summed E-state index contributed by atoms with van der Waals surface area (Å²) in [7, 11) is 0. The summed E-state index contributed by atoms with van der Waals surface area (Å²) in [5, 5.41) is 3.04. The molecule has 0 saturated heterocycles. The van der Waals surface area contributed by atoms with Crippen LogP contribution in [0.3, 0.4) is 0 Å². The number of hydrogen-bond donors (Lipinski definition) is 2. The van der Waals surface area contributed by atoms with Crippen molar-refractivity contribution in [3.63, 3.8) is 0 Å². The minimum atomic E-state index is -0.683. The molecule has 2 rings (SSSR count). The number of halogens is 1. The molecule has 0 fully saturated rings. The lowest BCUT2D eigenvalue weighted by Crippen LogP contribution is -2.21. The fourth-order valence-corrected chi connectivity index (χ4v) is 2.60. The highest BCUT2D eigenvalue weighted by molar-refractivity contribution is 6.34. The van der Waals surface area contributed by atoms with Crippen LogP contribution >= 0.6 is 11.6 Å². The first-order valence-corrected chi connectivity index (χ1v) is 7.79. The lowest BCUT2D eigenvalue weighted by atomic mass is 10.1. The maximum Gasteiger partial charge on any atom is 0.338 e. The van der Waals surface area contributed by atoms with E-state index in [4.69, 9.17) is 22.1 Å². The number of amides is 2. The normalized spacial score (nSPS) is 10.2. The second-order valence-corrected chi connectivity index (χ2v) is 5.91. The van der Waals surface area contributed by atoms with Crippen LogP contribution in [-0.4, -0.2) is 24.4 Å². The molecule has 0 spiro atoms. The van der Waals surface area contributed by atoms with E-state index < -0.39 is 24.4 Å². The Morgan fingerprint density at radius 3 is 2.24 bits per heavy atom. The zero-order valence-electron chi connectivity index (χ0n) is 13.8. The van der Waals surface area contributed by atoms with Crippen LogP contribution in [0.4, 0.5) is 5.69 Å². The number of nitrogens with one attached hydrogen (secondary N) is 1. The molecule has 25 heavy (non-hydrogen) atoms. The van der Waals surface area contributed by atoms with E-state index in [0.29, 0.717) is 10.7 Å². The van der Waals surface area contributed by atoms with Gasteiger partial charge in [0.05, 0.1) is 16.3 Å². The maximum absolute atomic E-state index is 12.0. The minimum absolute atomic E-state index is 0.211. The van der Waals surface area contributed by atoms with Gasteiger partial charge in [0, 0.05) is 5.56 Å². The van der Waals surface area contributed by atoms with E-state index in [9.17, 15) is 14.4 Å². The molecule has 0 aliphatic heterocycles. The highest BCUT2D eigenvalue weighted by Gasteiger charge is 2.13. The van der Waals surface area contributed by atoms with Gasteiger partial charge in [-0.25, -0.2) is 4.79 Å². The summed E-state index contributed by atoms with van der Waals surface area (Å²) in [4.78, 5) is 34.9. The summed E-state index contributed by atoms with van der Waals surface area (Å²) in [6, 6.07) is 9.25. The first-order valence-electron chi connectivity index (χ1n) is 7.41. The smallest absolute Gasteiger partial charge is 0.338 e. The molecule has 130 valence electrons. The average molecular weight is 361 g/mol. The van der Waals surface area contributed by atoms with Gasteiger partial charge in [0.1, 0.15) is 0 Å². The summed E-state index contributed by atoms with van der Waals surface area (Å²) in [6.45, 7) is 3.26. The van der Waals surface area contributed by atoms with E-state index in [0.717, 1.165) is 11.1 Å². The number of carbonyl (C=O) groups is 3. The molecule has 0 saturated carbocycles. The molecule has 0 aliphatic carbocycles. The van der Waals surface area contributed by atoms with E-state index >= 15 is 0 Å². The van der Waals surface area contributed by atoms with E-state index in [2.05, 4.69) is 5.32 Å². The second-order valence-electron chi connectivity index (χ2n) is 5.50. The van der Waals surface area contributed by atoms with Crippen molar-refractivity contribution in [3.05, 3.63) is 63.7 Å². The Bertz CT molecular complexity index is 808. The summed E-state index contributed by atoms with van der Waals surface area (Å²) >= 11 is 6.12. The second kappa shape index (κ2) is 7.81. The molecule has 7 heteroatoms. The third-order valence-electron chi connectivity index (χ3n) is 3.44. The molecule has 0 radical (unpaired) electrons. The van der Waals surface area contributed by atoms with Gasteiger partial charge in [-0.05, 0) is 55.3 Å². The Morgan fingerprint density at radius 1 is 1.08 bits per heavy atom. The molecule has 2 aromatic carbocycles. The van der Waals surface area contributed by atoms with Gasteiger partial charge in [-0.3, -0.25) is 9.59 Å². The van der Waals surface area contributed by atoms with Gasteiger partial charge in [0.25, 0.3) is 5.91 Å². The SMILES string of the molecule is Cc1cc(C)c(NC(=O)COC(=O)c2ccc(C(N)=O)cc2)c(Cl)c1. The third-order valence-corrected chi connectivity index (χ3v) is 3.73. The van der Waals surface area contributed by atoms with E-state index in [1.807, 2.05) is 19.9 Å². The van der Waals surface area contributed by atoms with Crippen LogP contribution in [0.15, 0.2) is 36.4 Å². The Balaban J connectivity index is 1.96. The number of ether oxygens (including phenoxy) is 1. The van der Waals surface area contributed by atoms with E-state index in [-0.39, 0.29) is 11.1 Å². The van der Waals surface area contributed by atoms with Crippen molar-refractivity contribution < 1.29 is 19.1 Å². The Labute approximate surface area is 149 Å². The standard InChI is InChI=1S/C18H17ClN2O4/c1-10-7-11(2)16(14(19)8-10)21-15(22)9-25-18(24)13-5-3-12(4-6-13)17(20)23/h3-8H,9H2,1-2H3,(H2,20,23)(H,21,22). The van der Waals surface area contributed by atoms with Crippen molar-refractivity contribution in [2.24, 2.45) is 5.73 Å². The maximum atomic E-state index is 12.0. The van der Waals surface area contributed by atoms with Gasteiger partial charge >= 0.3 is 5.97 Å². The van der Waals surface area contributed by atoms with Crippen molar-refractivity contribution in [3.8, 4) is 0 Å². The van der Waals surface area contributed by atoms with Crippen LogP contribution in [-0.2, 0) is 9.53 Å². The largest absolute Gasteiger partial charge is 0.452 e. The lowest BCUT2D eigenvalue weighted by Gasteiger charge is -2.12. The zero-order chi connectivity index (χ0) is 18.6. The van der Waals surface area contributed by atoms with Crippen LogP contribution in [0.2, 0.25) is 5.02 Å². The van der Waals surface area contributed by atoms with Crippen molar-refractivity contribution in [2.75, 3.05) is 11.9 Å². The van der Waals surface area contributed by atoms with Crippen molar-refractivity contribution in [1.29, 1.82) is 0 Å². The summed E-state index contributed by atoms with van der Waals surface area (Å²) in [5.74, 6) is -1.78. The number of benzene rings is 2. The topological polar surface area (TPSA) is 98.5 Å². The molecule has 0 heterocycles. The number of esters is 1. The van der Waals surface area contributed by atoms with Crippen LogP contribution in [0.1, 0.15) is 31.8 Å². The van der Waals surface area contributed by atoms with Gasteiger partial charge < -0.3 is 15.8 Å². The van der Waals surface area contributed by atoms with Crippen LogP contribution < -0.4 is 11.1 Å². The van der Waals surface area contributed by atoms with E-state index in [1.54, 1.807) is 6.07 Å². The first kappa shape index (κ1) is 18.5. The number of carbonyl (C=O) groups excluding carboxylic acids is 3. The van der Waals surface area contributed by atoms with Crippen LogP contribution in [0.25, 0.3) is 0 Å². The van der Waals surface area contributed by atoms with Crippen molar-refractivity contribution in [2.45, 2.75) is 13.8 Å². The summed E-state index contributed by atoms with van der Waals surface area (Å²) in [5.41, 5.74) is 7.89.